The van der Waals surface area contributed by atoms with Crippen LogP contribution in [-0.4, -0.2) is 21.2 Å². The van der Waals surface area contributed by atoms with Gasteiger partial charge in [-0.1, -0.05) is 0 Å². The van der Waals surface area contributed by atoms with Gasteiger partial charge in [-0.15, -0.1) is 10.2 Å². The zero-order valence-electron chi connectivity index (χ0n) is 10.6. The van der Waals surface area contributed by atoms with Gasteiger partial charge in [-0.2, -0.15) is 5.26 Å². The molecule has 0 amide bonds. The third kappa shape index (κ3) is 1.55. The molecule has 3 heterocycles. The van der Waals surface area contributed by atoms with E-state index in [1.807, 2.05) is 22.7 Å². The predicted molar refractivity (Wildman–Crippen MR) is 72.3 cm³/mol. The minimum absolute atomic E-state index is 0.582. The Hall–Kier alpha value is -2.87. The third-order valence-corrected chi connectivity index (χ3v) is 3.49. The van der Waals surface area contributed by atoms with E-state index in [0.717, 1.165) is 30.2 Å². The molecule has 20 heavy (non-hydrogen) atoms. The van der Waals surface area contributed by atoms with Crippen LogP contribution in [0.4, 0.5) is 0 Å². The maximum absolute atomic E-state index is 8.91. The highest BCUT2D eigenvalue weighted by Gasteiger charge is 2.15. The van der Waals surface area contributed by atoms with Crippen LogP contribution in [0.1, 0.15) is 11.1 Å². The molecule has 0 saturated carbocycles. The molecule has 2 aromatic heterocycles. The monoisotopic (exact) mass is 262 g/mol. The van der Waals surface area contributed by atoms with Crippen molar-refractivity contribution in [3.05, 3.63) is 47.7 Å². The maximum Gasteiger partial charge on any atom is 0.168 e. The maximum atomic E-state index is 8.91. The van der Waals surface area contributed by atoms with Crippen LogP contribution in [0.25, 0.3) is 17.0 Å². The number of nitriles is 1. The van der Waals surface area contributed by atoms with Crippen LogP contribution in [0.2, 0.25) is 0 Å². The van der Waals surface area contributed by atoms with E-state index in [1.54, 1.807) is 12.1 Å². The number of hydrogen-bond donors (Lipinski definition) is 0. The van der Waals surface area contributed by atoms with Crippen molar-refractivity contribution >= 4 is 5.65 Å². The summed E-state index contributed by atoms with van der Waals surface area (Å²) in [5.41, 5.74) is 3.47. The smallest absolute Gasteiger partial charge is 0.168 e. The van der Waals surface area contributed by atoms with Crippen molar-refractivity contribution in [3.63, 3.8) is 0 Å². The van der Waals surface area contributed by atoms with Gasteiger partial charge in [0.2, 0.25) is 0 Å². The van der Waals surface area contributed by atoms with Crippen molar-refractivity contribution in [1.29, 1.82) is 5.26 Å². The van der Waals surface area contributed by atoms with Gasteiger partial charge in [-0.25, -0.2) is 0 Å². The molecule has 0 fully saturated rings. The molecule has 3 aromatic rings. The van der Waals surface area contributed by atoms with Crippen molar-refractivity contribution in [3.8, 4) is 23.2 Å². The Morgan fingerprint density at radius 1 is 1.20 bits per heavy atom. The fourth-order valence-electron chi connectivity index (χ4n) is 2.48. The number of benzene rings is 1. The SMILES string of the molecule is N#Cc1ccn2c(-c3ccc4c(c3)CCO4)nnc2c1. The molecule has 0 spiro atoms. The lowest BCUT2D eigenvalue weighted by atomic mass is 10.1. The lowest BCUT2D eigenvalue weighted by Gasteiger charge is -2.03. The quantitative estimate of drug-likeness (QED) is 0.674. The van der Waals surface area contributed by atoms with Crippen molar-refractivity contribution in [2.45, 2.75) is 6.42 Å². The zero-order valence-corrected chi connectivity index (χ0v) is 10.6. The first-order valence-electron chi connectivity index (χ1n) is 6.36. The number of fused-ring (bicyclic) bond motifs is 2. The molecule has 5 heteroatoms. The van der Waals surface area contributed by atoms with Crippen molar-refractivity contribution in [2.24, 2.45) is 0 Å². The van der Waals surface area contributed by atoms with Crippen molar-refractivity contribution < 1.29 is 4.74 Å². The highest BCUT2D eigenvalue weighted by Crippen LogP contribution is 2.29. The Morgan fingerprint density at radius 2 is 2.15 bits per heavy atom. The summed E-state index contributed by atoms with van der Waals surface area (Å²) in [6.45, 7) is 0.741. The zero-order chi connectivity index (χ0) is 13.5. The third-order valence-electron chi connectivity index (χ3n) is 3.49. The number of hydrogen-bond acceptors (Lipinski definition) is 4. The highest BCUT2D eigenvalue weighted by atomic mass is 16.5. The first kappa shape index (κ1) is 11.0. The Morgan fingerprint density at radius 3 is 3.05 bits per heavy atom. The number of ether oxygens (including phenoxy) is 1. The molecule has 1 aliphatic rings. The summed E-state index contributed by atoms with van der Waals surface area (Å²) in [7, 11) is 0. The summed E-state index contributed by atoms with van der Waals surface area (Å²) in [6, 6.07) is 11.6. The number of nitrogens with zero attached hydrogens (tertiary/aromatic N) is 4. The minimum Gasteiger partial charge on any atom is -0.493 e. The van der Waals surface area contributed by atoms with Crippen LogP contribution >= 0.6 is 0 Å². The molecule has 5 nitrogen and oxygen atoms in total. The molecule has 1 aromatic carbocycles. The van der Waals surface area contributed by atoms with Gasteiger partial charge in [0.25, 0.3) is 0 Å². The van der Waals surface area contributed by atoms with Gasteiger partial charge in [0.15, 0.2) is 11.5 Å². The van der Waals surface area contributed by atoms with E-state index in [-0.39, 0.29) is 0 Å². The van der Waals surface area contributed by atoms with E-state index in [1.165, 1.54) is 5.56 Å². The van der Waals surface area contributed by atoms with Crippen LogP contribution < -0.4 is 4.74 Å². The van der Waals surface area contributed by atoms with Gasteiger partial charge in [0.1, 0.15) is 5.75 Å². The second-order valence-electron chi connectivity index (χ2n) is 4.70. The van der Waals surface area contributed by atoms with Gasteiger partial charge in [0.05, 0.1) is 18.2 Å². The van der Waals surface area contributed by atoms with E-state index in [9.17, 15) is 0 Å². The first-order chi connectivity index (χ1) is 9.85. The minimum atomic E-state index is 0.582. The summed E-state index contributed by atoms with van der Waals surface area (Å²) >= 11 is 0. The summed E-state index contributed by atoms with van der Waals surface area (Å²) in [6.07, 6.45) is 2.76. The molecule has 96 valence electrons. The highest BCUT2D eigenvalue weighted by molar-refractivity contribution is 5.63. The Kier molecular flexibility index (Phi) is 2.24. The van der Waals surface area contributed by atoms with Crippen LogP contribution in [-0.2, 0) is 6.42 Å². The van der Waals surface area contributed by atoms with Crippen molar-refractivity contribution in [1.82, 2.24) is 14.6 Å². The fourth-order valence-corrected chi connectivity index (χ4v) is 2.48. The molecule has 0 radical (unpaired) electrons. The van der Waals surface area contributed by atoms with Crippen LogP contribution in [0.15, 0.2) is 36.5 Å². The summed E-state index contributed by atoms with van der Waals surface area (Å²) in [5.74, 6) is 1.73. The second kappa shape index (κ2) is 4.07. The van der Waals surface area contributed by atoms with E-state index in [2.05, 4.69) is 22.3 Å². The van der Waals surface area contributed by atoms with Gasteiger partial charge >= 0.3 is 0 Å². The van der Waals surface area contributed by atoms with E-state index < -0.39 is 0 Å². The van der Waals surface area contributed by atoms with Gasteiger partial charge < -0.3 is 4.74 Å². The van der Waals surface area contributed by atoms with Crippen LogP contribution in [0, 0.1) is 11.3 Å². The lowest BCUT2D eigenvalue weighted by molar-refractivity contribution is 0.357. The van der Waals surface area contributed by atoms with E-state index in [0.29, 0.717) is 11.2 Å². The average molecular weight is 262 g/mol. The lowest BCUT2D eigenvalue weighted by Crippen LogP contribution is -1.90. The molecular formula is C15H10N4O. The predicted octanol–water partition coefficient (Wildman–Crippen LogP) is 2.20. The summed E-state index contributed by atoms with van der Waals surface area (Å²) < 4.78 is 7.40. The Labute approximate surface area is 115 Å². The topological polar surface area (TPSA) is 63.2 Å². The van der Waals surface area contributed by atoms with E-state index in [4.69, 9.17) is 10.00 Å². The molecule has 0 N–H and O–H groups in total. The fraction of sp³-hybridized carbons (Fsp3) is 0.133. The number of pyridine rings is 1. The molecule has 0 bridgehead atoms. The van der Waals surface area contributed by atoms with Gasteiger partial charge in [-0.3, -0.25) is 4.40 Å². The van der Waals surface area contributed by atoms with E-state index >= 15 is 0 Å². The first-order valence-corrected chi connectivity index (χ1v) is 6.36. The Bertz CT molecular complexity index is 860. The van der Waals surface area contributed by atoms with Crippen LogP contribution in [0.5, 0.6) is 5.75 Å². The summed E-state index contributed by atoms with van der Waals surface area (Å²) in [5, 5.41) is 17.3. The average Bonchev–Trinajstić information content (AvgIpc) is 3.11. The van der Waals surface area contributed by atoms with Gasteiger partial charge in [0, 0.05) is 24.2 Å². The molecule has 0 saturated heterocycles. The standard InChI is InChI=1S/C15H10N4O/c16-9-10-3-5-19-14(7-10)17-18-15(19)12-1-2-13-11(8-12)4-6-20-13/h1-3,5,7-8H,4,6H2. The molecular weight excluding hydrogens is 252 g/mol. The van der Waals surface area contributed by atoms with Gasteiger partial charge in [-0.05, 0) is 29.8 Å². The normalized spacial score (nSPS) is 12.9. The second-order valence-corrected chi connectivity index (χ2v) is 4.70. The molecule has 4 rings (SSSR count). The summed E-state index contributed by atoms with van der Waals surface area (Å²) in [4.78, 5) is 0. The molecule has 0 atom stereocenters. The molecule has 0 aliphatic carbocycles. The van der Waals surface area contributed by atoms with Crippen LogP contribution in [0.3, 0.4) is 0 Å². The molecule has 0 unspecified atom stereocenters. The number of aromatic nitrogens is 3. The largest absolute Gasteiger partial charge is 0.493 e. The van der Waals surface area contributed by atoms with Crippen molar-refractivity contribution in [2.75, 3.05) is 6.61 Å². The Balaban J connectivity index is 1.88. The molecule has 1 aliphatic heterocycles. The number of rotatable bonds is 1.